The van der Waals surface area contributed by atoms with E-state index in [1.165, 1.54) is 25.9 Å². The molecule has 2 heteroatoms. The molecule has 3 N–H and O–H groups in total. The molecular weight excluding hydrogens is 124 g/mol. The summed E-state index contributed by atoms with van der Waals surface area (Å²) in [5, 5.41) is 3.30. The van der Waals surface area contributed by atoms with Crippen molar-refractivity contribution in [3.8, 4) is 0 Å². The molecule has 62 valence electrons. The first kappa shape index (κ1) is 9.92. The summed E-state index contributed by atoms with van der Waals surface area (Å²) in [6, 6.07) is 0. The van der Waals surface area contributed by atoms with E-state index in [-0.39, 0.29) is 0 Å². The third-order valence-electron chi connectivity index (χ3n) is 1.74. The van der Waals surface area contributed by atoms with Crippen LogP contribution in [0.5, 0.6) is 0 Å². The Kier molecular flexibility index (Phi) is 6.98. The third-order valence-corrected chi connectivity index (χ3v) is 1.74. The van der Waals surface area contributed by atoms with Crippen molar-refractivity contribution in [3.63, 3.8) is 0 Å². The van der Waals surface area contributed by atoms with Gasteiger partial charge in [0.2, 0.25) is 0 Å². The van der Waals surface area contributed by atoms with Crippen LogP contribution in [-0.4, -0.2) is 19.6 Å². The fourth-order valence-electron chi connectivity index (χ4n) is 1.20. The van der Waals surface area contributed by atoms with Crippen molar-refractivity contribution in [2.24, 2.45) is 11.7 Å². The van der Waals surface area contributed by atoms with Gasteiger partial charge in [0, 0.05) is 0 Å². The van der Waals surface area contributed by atoms with Gasteiger partial charge in [-0.25, -0.2) is 0 Å². The van der Waals surface area contributed by atoms with Gasteiger partial charge in [-0.3, -0.25) is 0 Å². The zero-order valence-electron chi connectivity index (χ0n) is 7.19. The lowest BCUT2D eigenvalue weighted by atomic mass is 10.1. The summed E-state index contributed by atoms with van der Waals surface area (Å²) in [5.74, 6) is 0.875. The van der Waals surface area contributed by atoms with E-state index in [1.54, 1.807) is 0 Å². The van der Waals surface area contributed by atoms with Crippen molar-refractivity contribution >= 4 is 0 Å². The highest BCUT2D eigenvalue weighted by molar-refractivity contribution is 4.70. The molecule has 1 aliphatic heterocycles. The summed E-state index contributed by atoms with van der Waals surface area (Å²) in [6.07, 6.45) is 2.53. The Balaban J connectivity index is 0.000000371. The van der Waals surface area contributed by atoms with Crippen LogP contribution >= 0.6 is 0 Å². The van der Waals surface area contributed by atoms with Crippen LogP contribution in [0.2, 0.25) is 0 Å². The molecule has 1 heterocycles. The summed E-state index contributed by atoms with van der Waals surface area (Å²) in [6.45, 7) is 7.24. The SMILES string of the molecule is CC.NCCC1CCNC1. The lowest BCUT2D eigenvalue weighted by Crippen LogP contribution is -2.12. The van der Waals surface area contributed by atoms with Crippen LogP contribution in [0.15, 0.2) is 0 Å². The monoisotopic (exact) mass is 144 g/mol. The average Bonchev–Trinajstić information content (AvgIpc) is 2.46. The Morgan fingerprint density at radius 1 is 1.50 bits per heavy atom. The second-order valence-electron chi connectivity index (χ2n) is 2.44. The highest BCUT2D eigenvalue weighted by Crippen LogP contribution is 2.09. The van der Waals surface area contributed by atoms with Gasteiger partial charge in [0.25, 0.3) is 0 Å². The second kappa shape index (κ2) is 7.03. The molecule has 0 saturated carbocycles. The summed E-state index contributed by atoms with van der Waals surface area (Å²) >= 11 is 0. The van der Waals surface area contributed by atoms with Gasteiger partial charge in [0.15, 0.2) is 0 Å². The first-order valence-corrected chi connectivity index (χ1v) is 4.34. The van der Waals surface area contributed by atoms with E-state index in [0.717, 1.165) is 12.5 Å². The maximum Gasteiger partial charge on any atom is -0.00196 e. The second-order valence-corrected chi connectivity index (χ2v) is 2.44. The standard InChI is InChI=1S/C6H14N2.C2H6/c7-3-1-6-2-4-8-5-6;1-2/h6,8H,1-5,7H2;1-2H3. The Hall–Kier alpha value is -0.0800. The van der Waals surface area contributed by atoms with Gasteiger partial charge in [-0.05, 0) is 38.4 Å². The molecule has 10 heavy (non-hydrogen) atoms. The predicted octanol–water partition coefficient (Wildman–Crippen LogP) is 0.971. The molecule has 0 radical (unpaired) electrons. The molecule has 0 aromatic rings. The van der Waals surface area contributed by atoms with Crippen LogP contribution in [0.3, 0.4) is 0 Å². The van der Waals surface area contributed by atoms with Crippen LogP contribution in [0.4, 0.5) is 0 Å². The molecule has 0 bridgehead atoms. The van der Waals surface area contributed by atoms with Gasteiger partial charge in [-0.15, -0.1) is 0 Å². The molecule has 2 nitrogen and oxygen atoms in total. The summed E-state index contributed by atoms with van der Waals surface area (Å²) in [4.78, 5) is 0. The van der Waals surface area contributed by atoms with E-state index >= 15 is 0 Å². The lowest BCUT2D eigenvalue weighted by Gasteiger charge is -2.02. The van der Waals surface area contributed by atoms with Crippen LogP contribution in [0, 0.1) is 5.92 Å². The molecule has 0 aliphatic carbocycles. The highest BCUT2D eigenvalue weighted by atomic mass is 14.9. The molecule has 0 spiro atoms. The maximum atomic E-state index is 5.38. The van der Waals surface area contributed by atoms with Gasteiger partial charge < -0.3 is 11.1 Å². The zero-order chi connectivity index (χ0) is 7.82. The van der Waals surface area contributed by atoms with Crippen LogP contribution in [0.25, 0.3) is 0 Å². The van der Waals surface area contributed by atoms with Crippen molar-refractivity contribution in [2.45, 2.75) is 26.7 Å². The molecule has 1 aliphatic rings. The van der Waals surface area contributed by atoms with Crippen LogP contribution < -0.4 is 11.1 Å². The number of nitrogens with one attached hydrogen (secondary N) is 1. The van der Waals surface area contributed by atoms with E-state index in [2.05, 4.69) is 5.32 Å². The minimum absolute atomic E-state index is 0.854. The van der Waals surface area contributed by atoms with Crippen molar-refractivity contribution in [3.05, 3.63) is 0 Å². The largest absolute Gasteiger partial charge is 0.330 e. The smallest absolute Gasteiger partial charge is 0.00196 e. The van der Waals surface area contributed by atoms with Crippen molar-refractivity contribution in [2.75, 3.05) is 19.6 Å². The maximum absolute atomic E-state index is 5.38. The molecule has 1 unspecified atom stereocenters. The Morgan fingerprint density at radius 3 is 2.60 bits per heavy atom. The molecule has 0 amide bonds. The quantitative estimate of drug-likeness (QED) is 0.606. The molecule has 0 aromatic heterocycles. The highest BCUT2D eigenvalue weighted by Gasteiger charge is 2.11. The fourth-order valence-corrected chi connectivity index (χ4v) is 1.20. The minimum Gasteiger partial charge on any atom is -0.330 e. The molecule has 1 rings (SSSR count). The fraction of sp³-hybridized carbons (Fsp3) is 1.00. The first-order chi connectivity index (χ1) is 4.93. The molecule has 1 fully saturated rings. The molecule has 0 aromatic carbocycles. The predicted molar refractivity (Wildman–Crippen MR) is 46.0 cm³/mol. The number of hydrogen-bond acceptors (Lipinski definition) is 2. The van der Waals surface area contributed by atoms with Gasteiger partial charge in [-0.2, -0.15) is 0 Å². The molecule has 1 atom stereocenters. The average molecular weight is 144 g/mol. The van der Waals surface area contributed by atoms with Crippen LogP contribution in [-0.2, 0) is 0 Å². The van der Waals surface area contributed by atoms with Crippen molar-refractivity contribution < 1.29 is 0 Å². The minimum atomic E-state index is 0.854. The Labute approximate surface area is 64.2 Å². The molecular formula is C8H20N2. The van der Waals surface area contributed by atoms with Crippen LogP contribution in [0.1, 0.15) is 26.7 Å². The van der Waals surface area contributed by atoms with E-state index in [4.69, 9.17) is 5.73 Å². The normalized spacial score (nSPS) is 23.7. The third kappa shape index (κ3) is 3.85. The summed E-state index contributed by atoms with van der Waals surface area (Å²) in [7, 11) is 0. The first-order valence-electron chi connectivity index (χ1n) is 4.34. The Morgan fingerprint density at radius 2 is 2.20 bits per heavy atom. The van der Waals surface area contributed by atoms with E-state index in [1.807, 2.05) is 13.8 Å². The van der Waals surface area contributed by atoms with Gasteiger partial charge in [0.05, 0.1) is 0 Å². The molecule has 1 saturated heterocycles. The zero-order valence-corrected chi connectivity index (χ0v) is 7.19. The lowest BCUT2D eigenvalue weighted by molar-refractivity contribution is 0.541. The summed E-state index contributed by atoms with van der Waals surface area (Å²) in [5.41, 5.74) is 5.38. The van der Waals surface area contributed by atoms with Gasteiger partial charge in [0.1, 0.15) is 0 Å². The van der Waals surface area contributed by atoms with Gasteiger partial charge in [-0.1, -0.05) is 13.8 Å². The van der Waals surface area contributed by atoms with Gasteiger partial charge >= 0.3 is 0 Å². The van der Waals surface area contributed by atoms with Crippen molar-refractivity contribution in [1.82, 2.24) is 5.32 Å². The number of hydrogen-bond donors (Lipinski definition) is 2. The van der Waals surface area contributed by atoms with E-state index < -0.39 is 0 Å². The van der Waals surface area contributed by atoms with E-state index in [9.17, 15) is 0 Å². The summed E-state index contributed by atoms with van der Waals surface area (Å²) < 4.78 is 0. The number of nitrogens with two attached hydrogens (primary N) is 1. The van der Waals surface area contributed by atoms with Crippen molar-refractivity contribution in [1.29, 1.82) is 0 Å². The topological polar surface area (TPSA) is 38.0 Å². The number of rotatable bonds is 2. The van der Waals surface area contributed by atoms with E-state index in [0.29, 0.717) is 0 Å². The Bertz CT molecular complexity index is 58.3.